The number of ether oxygens (including phenoxy) is 1. The summed E-state index contributed by atoms with van der Waals surface area (Å²) in [6.45, 7) is 0.688. The van der Waals surface area contributed by atoms with Crippen LogP contribution in [0.15, 0.2) is 48.5 Å². The molecule has 2 aliphatic carbocycles. The number of carboxylic acid groups (broad SMARTS) is 1. The van der Waals surface area contributed by atoms with Gasteiger partial charge in [-0.25, -0.2) is 4.79 Å². The van der Waals surface area contributed by atoms with Crippen molar-refractivity contribution in [2.24, 2.45) is 5.92 Å². The highest BCUT2D eigenvalue weighted by atomic mass is 16.5. The van der Waals surface area contributed by atoms with Crippen LogP contribution in [0, 0.1) is 5.92 Å². The SMILES string of the molecule is O=C(O)CCCCNC(=O)C1CCCCCC1NC(=O)OCC1c2ccccc2-c2ccccc21. The van der Waals surface area contributed by atoms with Gasteiger partial charge in [-0.3, -0.25) is 9.59 Å². The average molecular weight is 479 g/mol. The Labute approximate surface area is 206 Å². The highest BCUT2D eigenvalue weighted by Gasteiger charge is 2.32. The molecule has 1 saturated carbocycles. The van der Waals surface area contributed by atoms with Gasteiger partial charge in [-0.1, -0.05) is 67.8 Å². The van der Waals surface area contributed by atoms with Gasteiger partial charge in [0.15, 0.2) is 0 Å². The van der Waals surface area contributed by atoms with E-state index in [4.69, 9.17) is 9.84 Å². The monoisotopic (exact) mass is 478 g/mol. The highest BCUT2D eigenvalue weighted by molar-refractivity contribution is 5.81. The molecule has 2 amide bonds. The van der Waals surface area contributed by atoms with E-state index in [1.807, 2.05) is 24.3 Å². The molecule has 0 bridgehead atoms. The van der Waals surface area contributed by atoms with Gasteiger partial charge in [0, 0.05) is 24.9 Å². The first-order valence-corrected chi connectivity index (χ1v) is 12.7. The molecule has 2 aromatic rings. The number of hydrogen-bond donors (Lipinski definition) is 3. The molecule has 7 heteroatoms. The molecule has 0 aromatic heterocycles. The molecule has 2 aromatic carbocycles. The van der Waals surface area contributed by atoms with Crippen molar-refractivity contribution in [1.82, 2.24) is 10.6 Å². The molecule has 0 heterocycles. The summed E-state index contributed by atoms with van der Waals surface area (Å²) in [4.78, 5) is 36.3. The maximum absolute atomic E-state index is 12.9. The van der Waals surface area contributed by atoms with Crippen molar-refractivity contribution in [2.75, 3.05) is 13.2 Å². The average Bonchev–Trinajstić information content (AvgIpc) is 2.98. The summed E-state index contributed by atoms with van der Waals surface area (Å²) in [6.07, 6.45) is 5.15. The molecule has 1 fully saturated rings. The van der Waals surface area contributed by atoms with Gasteiger partial charge in [0.1, 0.15) is 6.61 Å². The first-order chi connectivity index (χ1) is 17.0. The number of carbonyl (C=O) groups is 3. The largest absolute Gasteiger partial charge is 0.481 e. The minimum Gasteiger partial charge on any atom is -0.481 e. The van der Waals surface area contributed by atoms with E-state index in [2.05, 4.69) is 34.9 Å². The van der Waals surface area contributed by atoms with Gasteiger partial charge in [-0.05, 0) is 47.9 Å². The van der Waals surface area contributed by atoms with E-state index in [0.717, 1.165) is 43.2 Å². The number of rotatable bonds is 9. The van der Waals surface area contributed by atoms with Gasteiger partial charge >= 0.3 is 12.1 Å². The lowest BCUT2D eigenvalue weighted by Crippen LogP contribution is -2.46. The number of alkyl carbamates (subject to hydrolysis) is 1. The van der Waals surface area contributed by atoms with Gasteiger partial charge in [-0.15, -0.1) is 0 Å². The molecule has 2 aliphatic rings. The van der Waals surface area contributed by atoms with E-state index < -0.39 is 12.1 Å². The minimum atomic E-state index is -0.826. The summed E-state index contributed by atoms with van der Waals surface area (Å²) in [5, 5.41) is 14.7. The van der Waals surface area contributed by atoms with Gasteiger partial charge in [0.25, 0.3) is 0 Å². The van der Waals surface area contributed by atoms with Crippen LogP contribution in [-0.4, -0.2) is 42.3 Å². The molecule has 0 spiro atoms. The number of fused-ring (bicyclic) bond motifs is 3. The molecule has 7 nitrogen and oxygen atoms in total. The molecule has 2 atom stereocenters. The van der Waals surface area contributed by atoms with Crippen LogP contribution in [0.25, 0.3) is 11.1 Å². The second-order valence-corrected chi connectivity index (χ2v) is 9.46. The zero-order valence-corrected chi connectivity index (χ0v) is 20.0. The summed E-state index contributed by atoms with van der Waals surface area (Å²) in [7, 11) is 0. The third kappa shape index (κ3) is 6.21. The third-order valence-corrected chi connectivity index (χ3v) is 7.12. The summed E-state index contributed by atoms with van der Waals surface area (Å²) in [5.74, 6) is -1.22. The molecule has 0 aliphatic heterocycles. The number of amides is 2. The van der Waals surface area contributed by atoms with Crippen molar-refractivity contribution < 1.29 is 24.2 Å². The summed E-state index contributed by atoms with van der Waals surface area (Å²) in [5.41, 5.74) is 4.69. The van der Waals surface area contributed by atoms with E-state index in [1.165, 1.54) is 11.1 Å². The first-order valence-electron chi connectivity index (χ1n) is 12.7. The van der Waals surface area contributed by atoms with Crippen LogP contribution in [0.5, 0.6) is 0 Å². The van der Waals surface area contributed by atoms with Crippen LogP contribution in [0.1, 0.15) is 68.4 Å². The fourth-order valence-electron chi connectivity index (χ4n) is 5.33. The van der Waals surface area contributed by atoms with Crippen LogP contribution < -0.4 is 10.6 Å². The van der Waals surface area contributed by atoms with Crippen LogP contribution in [-0.2, 0) is 14.3 Å². The molecule has 3 N–H and O–H groups in total. The van der Waals surface area contributed by atoms with Gasteiger partial charge in [0.2, 0.25) is 5.91 Å². The number of carbonyl (C=O) groups excluding carboxylic acids is 2. The zero-order valence-electron chi connectivity index (χ0n) is 20.0. The number of nitrogens with one attached hydrogen (secondary N) is 2. The maximum Gasteiger partial charge on any atom is 0.407 e. The quantitative estimate of drug-likeness (QED) is 0.353. The third-order valence-electron chi connectivity index (χ3n) is 7.12. The van der Waals surface area contributed by atoms with Crippen molar-refractivity contribution in [2.45, 2.75) is 63.3 Å². The number of carboxylic acids is 1. The zero-order chi connectivity index (χ0) is 24.6. The number of unbranched alkanes of at least 4 members (excludes halogenated alkanes) is 1. The molecule has 2 unspecified atom stereocenters. The Balaban J connectivity index is 1.33. The van der Waals surface area contributed by atoms with Crippen molar-refractivity contribution in [3.63, 3.8) is 0 Å². The Morgan fingerprint density at radius 2 is 1.54 bits per heavy atom. The number of hydrogen-bond acceptors (Lipinski definition) is 4. The van der Waals surface area contributed by atoms with E-state index in [1.54, 1.807) is 0 Å². The van der Waals surface area contributed by atoms with Crippen molar-refractivity contribution in [3.05, 3.63) is 59.7 Å². The summed E-state index contributed by atoms with van der Waals surface area (Å²) >= 11 is 0. The lowest BCUT2D eigenvalue weighted by atomic mass is 9.93. The second kappa shape index (κ2) is 11.9. The predicted octanol–water partition coefficient (Wildman–Crippen LogP) is 4.85. The Morgan fingerprint density at radius 3 is 2.23 bits per heavy atom. The normalized spacial score (nSPS) is 19.2. The Hall–Kier alpha value is -3.35. The highest BCUT2D eigenvalue weighted by Crippen LogP contribution is 2.44. The van der Waals surface area contributed by atoms with Crippen molar-refractivity contribution in [1.29, 1.82) is 0 Å². The van der Waals surface area contributed by atoms with Crippen molar-refractivity contribution >= 4 is 18.0 Å². The van der Waals surface area contributed by atoms with Gasteiger partial charge in [-0.2, -0.15) is 0 Å². The number of benzene rings is 2. The Morgan fingerprint density at radius 1 is 0.886 bits per heavy atom. The Bertz CT molecular complexity index is 1010. The molecular weight excluding hydrogens is 444 g/mol. The van der Waals surface area contributed by atoms with Crippen LogP contribution >= 0.6 is 0 Å². The lowest BCUT2D eigenvalue weighted by molar-refractivity contribution is -0.137. The lowest BCUT2D eigenvalue weighted by Gasteiger charge is -2.25. The summed E-state index contributed by atoms with van der Waals surface area (Å²) < 4.78 is 5.71. The molecule has 0 saturated heterocycles. The van der Waals surface area contributed by atoms with Crippen LogP contribution in [0.3, 0.4) is 0 Å². The maximum atomic E-state index is 12.9. The van der Waals surface area contributed by atoms with Gasteiger partial charge in [0.05, 0.1) is 5.92 Å². The van der Waals surface area contributed by atoms with Crippen molar-refractivity contribution in [3.8, 4) is 11.1 Å². The summed E-state index contributed by atoms with van der Waals surface area (Å²) in [6, 6.07) is 16.2. The smallest absolute Gasteiger partial charge is 0.407 e. The second-order valence-electron chi connectivity index (χ2n) is 9.46. The van der Waals surface area contributed by atoms with E-state index in [9.17, 15) is 14.4 Å². The first kappa shape index (κ1) is 24.8. The number of aliphatic carboxylic acids is 1. The predicted molar refractivity (Wildman–Crippen MR) is 133 cm³/mol. The van der Waals surface area contributed by atoms with E-state index >= 15 is 0 Å². The molecule has 4 rings (SSSR count). The fraction of sp³-hybridized carbons (Fsp3) is 0.464. The standard InChI is InChI=1S/C28H34N2O5/c31-26(32)16-8-9-17-29-27(33)23-14-2-1-3-15-25(23)30-28(34)35-18-24-21-12-6-4-10-19(21)20-11-5-7-13-22(20)24/h4-7,10-13,23-25H,1-3,8-9,14-18H2,(H,29,33)(H,30,34)(H,31,32). The molecular formula is C28H34N2O5. The van der Waals surface area contributed by atoms with E-state index in [0.29, 0.717) is 19.4 Å². The Kier molecular flexibility index (Phi) is 8.40. The molecule has 0 radical (unpaired) electrons. The topological polar surface area (TPSA) is 105 Å². The van der Waals surface area contributed by atoms with Crippen LogP contribution in [0.2, 0.25) is 0 Å². The fourth-order valence-corrected chi connectivity index (χ4v) is 5.33. The van der Waals surface area contributed by atoms with Crippen LogP contribution in [0.4, 0.5) is 4.79 Å². The molecule has 35 heavy (non-hydrogen) atoms. The minimum absolute atomic E-state index is 0.00724. The molecule has 186 valence electrons. The van der Waals surface area contributed by atoms with Gasteiger partial charge < -0.3 is 20.5 Å². The van der Waals surface area contributed by atoms with E-state index in [-0.39, 0.29) is 36.8 Å².